The molecule has 26 heavy (non-hydrogen) atoms. The lowest BCUT2D eigenvalue weighted by Gasteiger charge is -2.41. The van der Waals surface area contributed by atoms with Gasteiger partial charge in [0.2, 0.25) is 5.88 Å². The number of piperidine rings is 1. The number of nitrogens with zero attached hydrogens (tertiary/aromatic N) is 4. The first-order valence-electron chi connectivity index (χ1n) is 9.46. The summed E-state index contributed by atoms with van der Waals surface area (Å²) in [7, 11) is 1.65. The molecule has 0 amide bonds. The van der Waals surface area contributed by atoms with Gasteiger partial charge in [0.25, 0.3) is 0 Å². The van der Waals surface area contributed by atoms with E-state index >= 15 is 0 Å². The Morgan fingerprint density at radius 2 is 2.04 bits per heavy atom. The van der Waals surface area contributed by atoms with Gasteiger partial charge in [0.1, 0.15) is 23.7 Å². The summed E-state index contributed by atoms with van der Waals surface area (Å²) in [5.74, 6) is 3.73. The smallest absolute Gasteiger partial charge is 0.218 e. The Hall–Kier alpha value is -2.08. The third kappa shape index (κ3) is 3.43. The molecule has 2 aromatic rings. The number of furan rings is 1. The maximum atomic E-state index is 5.89. The third-order valence-corrected chi connectivity index (χ3v) is 5.94. The summed E-state index contributed by atoms with van der Waals surface area (Å²) in [6.45, 7) is 9.45. The average Bonchev–Trinajstić information content (AvgIpc) is 3.18. The van der Waals surface area contributed by atoms with E-state index in [4.69, 9.17) is 9.15 Å². The monoisotopic (exact) mass is 356 g/mol. The summed E-state index contributed by atoms with van der Waals surface area (Å²) >= 11 is 0. The van der Waals surface area contributed by atoms with Gasteiger partial charge in [-0.2, -0.15) is 0 Å². The first-order valence-corrected chi connectivity index (χ1v) is 9.46. The molecule has 6 nitrogen and oxygen atoms in total. The molecule has 0 N–H and O–H groups in total. The number of hydrogen-bond acceptors (Lipinski definition) is 6. The Balaban J connectivity index is 1.43. The molecule has 0 saturated carbocycles. The first-order chi connectivity index (χ1) is 12.6. The van der Waals surface area contributed by atoms with Crippen LogP contribution in [0.15, 0.2) is 22.9 Å². The highest BCUT2D eigenvalue weighted by Crippen LogP contribution is 2.40. The molecule has 2 aliphatic heterocycles. The minimum atomic E-state index is 0.354. The van der Waals surface area contributed by atoms with E-state index in [0.29, 0.717) is 11.3 Å². The average molecular weight is 356 g/mol. The Bertz CT molecular complexity index is 755. The van der Waals surface area contributed by atoms with Crippen molar-refractivity contribution in [1.29, 1.82) is 0 Å². The van der Waals surface area contributed by atoms with Crippen LogP contribution in [0.1, 0.15) is 36.3 Å². The van der Waals surface area contributed by atoms with Crippen LogP contribution in [0.5, 0.6) is 5.88 Å². The minimum absolute atomic E-state index is 0.354. The molecule has 2 saturated heterocycles. The Labute approximate surface area is 155 Å². The van der Waals surface area contributed by atoms with E-state index in [1.807, 2.05) is 13.0 Å². The molecule has 2 aliphatic rings. The second-order valence-electron chi connectivity index (χ2n) is 7.86. The minimum Gasteiger partial charge on any atom is -0.481 e. The van der Waals surface area contributed by atoms with Gasteiger partial charge in [0.05, 0.1) is 13.7 Å². The zero-order valence-electron chi connectivity index (χ0n) is 16.0. The summed E-state index contributed by atoms with van der Waals surface area (Å²) in [6.07, 6.45) is 5.33. The fraction of sp³-hybridized carbons (Fsp3) is 0.600. The molecule has 0 aromatic carbocycles. The molecule has 0 aliphatic carbocycles. The molecular weight excluding hydrogens is 328 g/mol. The summed E-state index contributed by atoms with van der Waals surface area (Å²) < 4.78 is 11.1. The predicted octanol–water partition coefficient (Wildman–Crippen LogP) is 3.19. The molecule has 1 atom stereocenters. The van der Waals surface area contributed by atoms with E-state index in [0.717, 1.165) is 50.1 Å². The number of rotatable bonds is 4. The van der Waals surface area contributed by atoms with Gasteiger partial charge >= 0.3 is 0 Å². The van der Waals surface area contributed by atoms with Crippen molar-refractivity contribution >= 4 is 5.82 Å². The Morgan fingerprint density at radius 3 is 2.81 bits per heavy atom. The number of methoxy groups -OCH3 is 1. The van der Waals surface area contributed by atoms with E-state index in [1.165, 1.54) is 24.8 Å². The van der Waals surface area contributed by atoms with Gasteiger partial charge in [-0.3, -0.25) is 4.90 Å². The van der Waals surface area contributed by atoms with Gasteiger partial charge in [-0.05, 0) is 51.3 Å². The van der Waals surface area contributed by atoms with E-state index in [-0.39, 0.29) is 0 Å². The topological polar surface area (TPSA) is 54.6 Å². The standard InChI is InChI=1S/C20H28N4O2/c1-15-9-17(26-16(15)2)11-23-8-6-20(12-23)5-4-7-24(13-20)18-10-19(25-3)22-14-21-18/h9-10,14H,4-8,11-13H2,1-3H3. The number of aromatic nitrogens is 2. The first kappa shape index (κ1) is 17.3. The summed E-state index contributed by atoms with van der Waals surface area (Å²) in [5.41, 5.74) is 1.60. The Kier molecular flexibility index (Phi) is 4.61. The fourth-order valence-corrected chi connectivity index (χ4v) is 4.46. The van der Waals surface area contributed by atoms with Crippen LogP contribution >= 0.6 is 0 Å². The van der Waals surface area contributed by atoms with Crippen molar-refractivity contribution < 1.29 is 9.15 Å². The van der Waals surface area contributed by atoms with E-state index in [1.54, 1.807) is 13.4 Å². The second-order valence-corrected chi connectivity index (χ2v) is 7.86. The molecule has 6 heteroatoms. The van der Waals surface area contributed by atoms with Gasteiger partial charge < -0.3 is 14.1 Å². The lowest BCUT2D eigenvalue weighted by molar-refractivity contribution is 0.208. The maximum Gasteiger partial charge on any atom is 0.218 e. The van der Waals surface area contributed by atoms with Gasteiger partial charge in [-0.1, -0.05) is 0 Å². The van der Waals surface area contributed by atoms with E-state index in [2.05, 4.69) is 32.8 Å². The van der Waals surface area contributed by atoms with Gasteiger partial charge in [-0.15, -0.1) is 0 Å². The highest BCUT2D eigenvalue weighted by Gasteiger charge is 2.41. The van der Waals surface area contributed by atoms with Crippen LogP contribution in [0.3, 0.4) is 0 Å². The highest BCUT2D eigenvalue weighted by molar-refractivity contribution is 5.41. The van der Waals surface area contributed by atoms with Crippen LogP contribution in [0.25, 0.3) is 0 Å². The van der Waals surface area contributed by atoms with Crippen LogP contribution in [-0.2, 0) is 6.54 Å². The van der Waals surface area contributed by atoms with Crippen LogP contribution in [0.4, 0.5) is 5.82 Å². The van der Waals surface area contributed by atoms with Crippen LogP contribution in [-0.4, -0.2) is 48.2 Å². The number of anilines is 1. The van der Waals surface area contributed by atoms with Crippen molar-refractivity contribution in [3.8, 4) is 5.88 Å². The molecule has 4 heterocycles. The second kappa shape index (κ2) is 6.91. The molecule has 0 radical (unpaired) electrons. The third-order valence-electron chi connectivity index (χ3n) is 5.94. The molecular formula is C20H28N4O2. The zero-order chi connectivity index (χ0) is 18.1. The fourth-order valence-electron chi connectivity index (χ4n) is 4.46. The van der Waals surface area contributed by atoms with Crippen LogP contribution in [0.2, 0.25) is 0 Å². The lowest BCUT2D eigenvalue weighted by Crippen LogP contribution is -2.45. The number of aryl methyl sites for hydroxylation is 2. The molecule has 1 spiro atoms. The van der Waals surface area contributed by atoms with Gasteiger partial charge in [0.15, 0.2) is 0 Å². The molecule has 0 bridgehead atoms. The number of ether oxygens (including phenoxy) is 1. The summed E-state index contributed by atoms with van der Waals surface area (Å²) in [4.78, 5) is 13.5. The van der Waals surface area contributed by atoms with Gasteiger partial charge in [-0.25, -0.2) is 9.97 Å². The van der Waals surface area contributed by atoms with Crippen LogP contribution < -0.4 is 9.64 Å². The molecule has 4 rings (SSSR count). The molecule has 2 aromatic heterocycles. The number of likely N-dealkylation sites (tertiary alicyclic amines) is 1. The van der Waals surface area contributed by atoms with Crippen molar-refractivity contribution in [2.45, 2.75) is 39.7 Å². The van der Waals surface area contributed by atoms with Gasteiger partial charge in [0, 0.05) is 31.1 Å². The zero-order valence-corrected chi connectivity index (χ0v) is 16.0. The van der Waals surface area contributed by atoms with E-state index in [9.17, 15) is 0 Å². The van der Waals surface area contributed by atoms with Crippen molar-refractivity contribution in [3.63, 3.8) is 0 Å². The SMILES string of the molecule is COc1cc(N2CCCC3(CCN(Cc4cc(C)c(C)o4)C3)C2)ncn1. The molecule has 2 fully saturated rings. The van der Waals surface area contributed by atoms with Crippen molar-refractivity contribution in [1.82, 2.24) is 14.9 Å². The highest BCUT2D eigenvalue weighted by atomic mass is 16.5. The van der Waals surface area contributed by atoms with Crippen LogP contribution in [0, 0.1) is 19.3 Å². The molecule has 1 unspecified atom stereocenters. The summed E-state index contributed by atoms with van der Waals surface area (Å²) in [5, 5.41) is 0. The maximum absolute atomic E-state index is 5.89. The number of hydrogen-bond donors (Lipinski definition) is 0. The quantitative estimate of drug-likeness (QED) is 0.839. The predicted molar refractivity (Wildman–Crippen MR) is 101 cm³/mol. The largest absolute Gasteiger partial charge is 0.481 e. The molecule has 140 valence electrons. The normalized spacial score (nSPS) is 23.7. The van der Waals surface area contributed by atoms with Crippen molar-refractivity contribution in [3.05, 3.63) is 35.5 Å². The Morgan fingerprint density at radius 1 is 1.15 bits per heavy atom. The summed E-state index contributed by atoms with van der Waals surface area (Å²) in [6, 6.07) is 4.13. The van der Waals surface area contributed by atoms with Crippen molar-refractivity contribution in [2.24, 2.45) is 5.41 Å². The lowest BCUT2D eigenvalue weighted by atomic mass is 9.79. The van der Waals surface area contributed by atoms with E-state index < -0.39 is 0 Å². The van der Waals surface area contributed by atoms with Crippen molar-refractivity contribution in [2.75, 3.05) is 38.2 Å².